The van der Waals surface area contributed by atoms with Crippen LogP contribution in [0.4, 0.5) is 0 Å². The molecule has 5 aromatic rings. The molecular formula is C22H17N3O3. The zero-order valence-corrected chi connectivity index (χ0v) is 14.9. The summed E-state index contributed by atoms with van der Waals surface area (Å²) in [6, 6.07) is 21.1. The van der Waals surface area contributed by atoms with Crippen LogP contribution in [0.15, 0.2) is 86.6 Å². The lowest BCUT2D eigenvalue weighted by Crippen LogP contribution is -2.24. The molecule has 2 N–H and O–H groups in total. The van der Waals surface area contributed by atoms with Crippen LogP contribution in [0.5, 0.6) is 0 Å². The molecule has 6 heteroatoms. The highest BCUT2D eigenvalue weighted by molar-refractivity contribution is 6.01. The predicted octanol–water partition coefficient (Wildman–Crippen LogP) is 4.14. The van der Waals surface area contributed by atoms with Gasteiger partial charge in [-0.1, -0.05) is 42.5 Å². The summed E-state index contributed by atoms with van der Waals surface area (Å²) in [6.45, 7) is 0.366. The highest BCUT2D eigenvalue weighted by Gasteiger charge is 2.18. The van der Waals surface area contributed by atoms with Gasteiger partial charge < -0.3 is 13.8 Å². The van der Waals surface area contributed by atoms with Crippen LogP contribution in [-0.4, -0.2) is 9.97 Å². The van der Waals surface area contributed by atoms with Crippen LogP contribution in [0.1, 0.15) is 23.2 Å². The van der Waals surface area contributed by atoms with Gasteiger partial charge in [-0.25, -0.2) is 4.98 Å². The average molecular weight is 371 g/mol. The molecule has 0 amide bonds. The maximum absolute atomic E-state index is 12.5. The van der Waals surface area contributed by atoms with Crippen molar-refractivity contribution >= 4 is 22.1 Å². The highest BCUT2D eigenvalue weighted by Crippen LogP contribution is 2.25. The van der Waals surface area contributed by atoms with E-state index in [0.29, 0.717) is 23.5 Å². The summed E-state index contributed by atoms with van der Waals surface area (Å²) in [5.74, 6) is 1.33. The lowest BCUT2D eigenvalue weighted by molar-refractivity contribution is 0.442. The van der Waals surface area contributed by atoms with Crippen molar-refractivity contribution < 1.29 is 8.83 Å². The van der Waals surface area contributed by atoms with Gasteiger partial charge in [-0.2, -0.15) is 0 Å². The largest absolute Gasteiger partial charge is 0.467 e. The number of benzene rings is 2. The highest BCUT2D eigenvalue weighted by atomic mass is 16.3. The molecule has 0 spiro atoms. The van der Waals surface area contributed by atoms with Gasteiger partial charge in [0.1, 0.15) is 22.7 Å². The SMILES string of the molecule is O=c1[nH]c(CN[C@@H](c2ccccc2)c2ccco2)nc2c1oc1ccccc12. The van der Waals surface area contributed by atoms with Gasteiger partial charge in [-0.15, -0.1) is 0 Å². The van der Waals surface area contributed by atoms with Crippen LogP contribution in [0.25, 0.3) is 22.1 Å². The second-order valence-corrected chi connectivity index (χ2v) is 6.53. The normalized spacial score (nSPS) is 12.6. The molecular weight excluding hydrogens is 354 g/mol. The molecule has 0 aliphatic heterocycles. The first kappa shape index (κ1) is 16.5. The van der Waals surface area contributed by atoms with Gasteiger partial charge in [0.25, 0.3) is 5.56 Å². The van der Waals surface area contributed by atoms with Crippen molar-refractivity contribution in [1.82, 2.24) is 15.3 Å². The number of aromatic amines is 1. The molecule has 0 radical (unpaired) electrons. The van der Waals surface area contributed by atoms with Gasteiger partial charge in [0.15, 0.2) is 0 Å². The summed E-state index contributed by atoms with van der Waals surface area (Å²) < 4.78 is 11.3. The number of para-hydroxylation sites is 1. The van der Waals surface area contributed by atoms with Gasteiger partial charge in [0, 0.05) is 5.39 Å². The third kappa shape index (κ3) is 2.90. The molecule has 0 aliphatic carbocycles. The number of fused-ring (bicyclic) bond motifs is 3. The first-order valence-electron chi connectivity index (χ1n) is 9.02. The molecule has 3 heterocycles. The Labute approximate surface area is 159 Å². The molecule has 0 aliphatic rings. The molecule has 6 nitrogen and oxygen atoms in total. The quantitative estimate of drug-likeness (QED) is 0.485. The number of H-pyrrole nitrogens is 1. The summed E-state index contributed by atoms with van der Waals surface area (Å²) >= 11 is 0. The molecule has 28 heavy (non-hydrogen) atoms. The number of nitrogens with one attached hydrogen (secondary N) is 2. The van der Waals surface area contributed by atoms with Crippen molar-refractivity contribution in [2.45, 2.75) is 12.6 Å². The number of hydrogen-bond acceptors (Lipinski definition) is 5. The molecule has 138 valence electrons. The van der Waals surface area contributed by atoms with E-state index in [-0.39, 0.29) is 17.2 Å². The number of hydrogen-bond donors (Lipinski definition) is 2. The maximum Gasteiger partial charge on any atom is 0.294 e. The smallest absolute Gasteiger partial charge is 0.294 e. The van der Waals surface area contributed by atoms with E-state index in [4.69, 9.17) is 8.83 Å². The summed E-state index contributed by atoms with van der Waals surface area (Å²) in [4.78, 5) is 19.9. The van der Waals surface area contributed by atoms with Gasteiger partial charge in [-0.3, -0.25) is 10.1 Å². The summed E-state index contributed by atoms with van der Waals surface area (Å²) in [7, 11) is 0. The number of rotatable bonds is 5. The van der Waals surface area contributed by atoms with Crippen molar-refractivity contribution in [3.63, 3.8) is 0 Å². The van der Waals surface area contributed by atoms with Crippen molar-refractivity contribution in [3.05, 3.63) is 100 Å². The molecule has 1 atom stereocenters. The Kier molecular flexibility index (Phi) is 4.03. The predicted molar refractivity (Wildman–Crippen MR) is 106 cm³/mol. The molecule has 5 rings (SSSR count). The Hall–Kier alpha value is -3.64. The average Bonchev–Trinajstić information content (AvgIpc) is 3.38. The molecule has 2 aromatic carbocycles. The van der Waals surface area contributed by atoms with E-state index < -0.39 is 0 Å². The standard InChI is InChI=1S/C22H17N3O3/c26-22-21-20(15-9-4-5-10-16(15)28-21)24-18(25-22)13-23-19(17-11-6-12-27-17)14-7-2-1-3-8-14/h1-12,19,23H,13H2,(H,24,25,26)/t19-/m0/s1. The topological polar surface area (TPSA) is 84.1 Å². The first-order chi connectivity index (χ1) is 13.8. The molecule has 0 saturated heterocycles. The van der Waals surface area contributed by atoms with Crippen LogP contribution < -0.4 is 10.9 Å². The summed E-state index contributed by atoms with van der Waals surface area (Å²) in [5, 5.41) is 4.26. The summed E-state index contributed by atoms with van der Waals surface area (Å²) in [6.07, 6.45) is 1.65. The Balaban J connectivity index is 1.50. The minimum absolute atomic E-state index is 0.154. The lowest BCUT2D eigenvalue weighted by Gasteiger charge is -2.16. The molecule has 0 fully saturated rings. The van der Waals surface area contributed by atoms with E-state index in [1.807, 2.05) is 66.7 Å². The van der Waals surface area contributed by atoms with E-state index >= 15 is 0 Å². The van der Waals surface area contributed by atoms with E-state index in [1.165, 1.54) is 0 Å². The second kappa shape index (κ2) is 6.83. The van der Waals surface area contributed by atoms with Crippen LogP contribution in [0.3, 0.4) is 0 Å². The second-order valence-electron chi connectivity index (χ2n) is 6.53. The fourth-order valence-corrected chi connectivity index (χ4v) is 3.41. The Morgan fingerprint density at radius 3 is 2.64 bits per heavy atom. The van der Waals surface area contributed by atoms with Gasteiger partial charge in [0.2, 0.25) is 5.58 Å². The third-order valence-electron chi connectivity index (χ3n) is 4.71. The van der Waals surface area contributed by atoms with E-state index in [2.05, 4.69) is 15.3 Å². The zero-order chi connectivity index (χ0) is 18.9. The zero-order valence-electron chi connectivity index (χ0n) is 14.9. The molecule has 0 unspecified atom stereocenters. The number of nitrogens with zero attached hydrogens (tertiary/aromatic N) is 1. The monoisotopic (exact) mass is 371 g/mol. The van der Waals surface area contributed by atoms with Gasteiger partial charge in [0.05, 0.1) is 18.8 Å². The number of aromatic nitrogens is 2. The first-order valence-corrected chi connectivity index (χ1v) is 9.02. The van der Waals surface area contributed by atoms with Gasteiger partial charge in [-0.05, 0) is 29.8 Å². The Morgan fingerprint density at radius 2 is 1.82 bits per heavy atom. The van der Waals surface area contributed by atoms with Crippen molar-refractivity contribution in [2.24, 2.45) is 0 Å². The maximum atomic E-state index is 12.5. The number of furan rings is 2. The van der Waals surface area contributed by atoms with Crippen LogP contribution in [0.2, 0.25) is 0 Å². The van der Waals surface area contributed by atoms with Crippen LogP contribution in [-0.2, 0) is 6.54 Å². The molecule has 0 bridgehead atoms. The Morgan fingerprint density at radius 1 is 1.00 bits per heavy atom. The van der Waals surface area contributed by atoms with E-state index in [0.717, 1.165) is 16.7 Å². The minimum Gasteiger partial charge on any atom is -0.467 e. The fraction of sp³-hybridized carbons (Fsp3) is 0.0909. The lowest BCUT2D eigenvalue weighted by atomic mass is 10.0. The molecule has 3 aromatic heterocycles. The van der Waals surface area contributed by atoms with Crippen molar-refractivity contribution in [2.75, 3.05) is 0 Å². The third-order valence-corrected chi connectivity index (χ3v) is 4.71. The van der Waals surface area contributed by atoms with Crippen LogP contribution >= 0.6 is 0 Å². The summed E-state index contributed by atoms with van der Waals surface area (Å²) in [5.41, 5.74) is 2.25. The minimum atomic E-state index is -0.285. The van der Waals surface area contributed by atoms with E-state index in [9.17, 15) is 4.79 Å². The van der Waals surface area contributed by atoms with Crippen molar-refractivity contribution in [1.29, 1.82) is 0 Å². The van der Waals surface area contributed by atoms with Crippen molar-refractivity contribution in [3.8, 4) is 0 Å². The van der Waals surface area contributed by atoms with E-state index in [1.54, 1.807) is 6.26 Å². The fourth-order valence-electron chi connectivity index (χ4n) is 3.41. The van der Waals surface area contributed by atoms with Gasteiger partial charge >= 0.3 is 0 Å². The van der Waals surface area contributed by atoms with Crippen LogP contribution in [0, 0.1) is 0 Å². The Bertz CT molecular complexity index is 1290. The molecule has 0 saturated carbocycles.